The number of hydrogen-bond donors (Lipinski definition) is 0. The molecule has 2 rings (SSSR count). The molecule has 0 heteroatoms. The van der Waals surface area contributed by atoms with E-state index < -0.39 is 0 Å². The topological polar surface area (TPSA) is 0 Å². The number of fused-ring (bicyclic) bond motifs is 1. The lowest BCUT2D eigenvalue weighted by Gasteiger charge is -2.22. The lowest BCUT2D eigenvalue weighted by Crippen LogP contribution is -2.11. The zero-order valence-electron chi connectivity index (χ0n) is 9.96. The number of rotatable bonds is 0. The first kappa shape index (κ1) is 10.2. The summed E-state index contributed by atoms with van der Waals surface area (Å²) < 4.78 is 0. The molecule has 0 fully saturated rings. The van der Waals surface area contributed by atoms with Gasteiger partial charge >= 0.3 is 0 Å². The largest absolute Gasteiger partial charge is 0.0614 e. The van der Waals surface area contributed by atoms with Crippen molar-refractivity contribution in [3.8, 4) is 0 Å². The molecule has 0 radical (unpaired) electrons. The van der Waals surface area contributed by atoms with Crippen LogP contribution in [0.2, 0.25) is 0 Å². The summed E-state index contributed by atoms with van der Waals surface area (Å²) in [4.78, 5) is 0. The van der Waals surface area contributed by atoms with E-state index in [4.69, 9.17) is 0 Å². The molecule has 0 heterocycles. The molecule has 0 bridgehead atoms. The monoisotopic (exact) mass is 198 g/mol. The summed E-state index contributed by atoms with van der Waals surface area (Å²) in [5.74, 6) is 0. The first-order chi connectivity index (χ1) is 7.00. The highest BCUT2D eigenvalue weighted by atomic mass is 14.2. The van der Waals surface area contributed by atoms with Gasteiger partial charge in [-0.25, -0.2) is 0 Å². The minimum atomic E-state index is 0.214. The molecule has 0 atom stereocenters. The van der Waals surface area contributed by atoms with Gasteiger partial charge < -0.3 is 0 Å². The fraction of sp³-hybridized carbons (Fsp3) is 0.333. The number of hydrogen-bond acceptors (Lipinski definition) is 0. The fourth-order valence-electron chi connectivity index (χ4n) is 2.15. The van der Waals surface area contributed by atoms with Crippen LogP contribution in [0.1, 0.15) is 31.9 Å². The van der Waals surface area contributed by atoms with Crippen LogP contribution in [0.15, 0.2) is 36.4 Å². The summed E-state index contributed by atoms with van der Waals surface area (Å²) in [7, 11) is 0. The van der Waals surface area contributed by atoms with Crippen molar-refractivity contribution in [2.24, 2.45) is 0 Å². The summed E-state index contributed by atoms with van der Waals surface area (Å²) >= 11 is 0. The maximum Gasteiger partial charge on any atom is -0.0117 e. The van der Waals surface area contributed by atoms with Gasteiger partial charge in [0.1, 0.15) is 0 Å². The van der Waals surface area contributed by atoms with E-state index in [9.17, 15) is 0 Å². The molecule has 0 aliphatic carbocycles. The summed E-state index contributed by atoms with van der Waals surface area (Å²) in [5, 5.41) is 2.77. The van der Waals surface area contributed by atoms with Crippen molar-refractivity contribution in [3.63, 3.8) is 0 Å². The van der Waals surface area contributed by atoms with Gasteiger partial charge in [-0.3, -0.25) is 0 Å². The molecule has 0 saturated carbocycles. The molecule has 0 saturated heterocycles. The molecule has 15 heavy (non-hydrogen) atoms. The van der Waals surface area contributed by atoms with Crippen molar-refractivity contribution < 1.29 is 0 Å². The van der Waals surface area contributed by atoms with Crippen LogP contribution in [0.25, 0.3) is 10.8 Å². The molecule has 0 N–H and O–H groups in total. The molecular formula is C15H18. The minimum absolute atomic E-state index is 0.214. The Kier molecular flexibility index (Phi) is 2.30. The van der Waals surface area contributed by atoms with Gasteiger partial charge in [0.05, 0.1) is 0 Å². The van der Waals surface area contributed by atoms with Gasteiger partial charge in [0.15, 0.2) is 0 Å². The van der Waals surface area contributed by atoms with Crippen LogP contribution < -0.4 is 0 Å². The van der Waals surface area contributed by atoms with Gasteiger partial charge in [-0.05, 0) is 34.2 Å². The van der Waals surface area contributed by atoms with E-state index in [2.05, 4.69) is 64.1 Å². The van der Waals surface area contributed by atoms with E-state index >= 15 is 0 Å². The molecule has 2 aromatic carbocycles. The van der Waals surface area contributed by atoms with E-state index in [1.54, 1.807) is 0 Å². The summed E-state index contributed by atoms with van der Waals surface area (Å²) in [6, 6.07) is 13.1. The maximum absolute atomic E-state index is 2.27. The van der Waals surface area contributed by atoms with Crippen LogP contribution in [-0.4, -0.2) is 0 Å². The molecule has 0 spiro atoms. The van der Waals surface area contributed by atoms with Gasteiger partial charge in [-0.1, -0.05) is 57.2 Å². The van der Waals surface area contributed by atoms with E-state index in [1.807, 2.05) is 0 Å². The SMILES string of the molecule is Cc1cccc2cccc(C(C)(C)C)c12. The Morgan fingerprint density at radius 3 is 2.07 bits per heavy atom. The van der Waals surface area contributed by atoms with Crippen molar-refractivity contribution in [3.05, 3.63) is 47.5 Å². The highest BCUT2D eigenvalue weighted by Gasteiger charge is 2.16. The summed E-state index contributed by atoms with van der Waals surface area (Å²) in [5.41, 5.74) is 3.03. The Balaban J connectivity index is 2.86. The zero-order chi connectivity index (χ0) is 11.1. The van der Waals surface area contributed by atoms with Gasteiger partial charge in [-0.15, -0.1) is 0 Å². The Morgan fingerprint density at radius 2 is 1.47 bits per heavy atom. The Labute approximate surface area is 91.9 Å². The first-order valence-corrected chi connectivity index (χ1v) is 5.49. The third-order valence-electron chi connectivity index (χ3n) is 2.92. The Morgan fingerprint density at radius 1 is 0.867 bits per heavy atom. The quantitative estimate of drug-likeness (QED) is 0.587. The highest BCUT2D eigenvalue weighted by molar-refractivity contribution is 5.89. The Bertz CT molecular complexity index is 482. The predicted molar refractivity (Wildman–Crippen MR) is 67.4 cm³/mol. The van der Waals surface area contributed by atoms with Crippen LogP contribution in [-0.2, 0) is 5.41 Å². The number of aryl methyl sites for hydroxylation is 1. The molecule has 0 amide bonds. The van der Waals surface area contributed by atoms with Crippen molar-refractivity contribution in [1.82, 2.24) is 0 Å². The molecule has 78 valence electrons. The van der Waals surface area contributed by atoms with Crippen molar-refractivity contribution in [2.75, 3.05) is 0 Å². The van der Waals surface area contributed by atoms with Crippen LogP contribution in [0.4, 0.5) is 0 Å². The zero-order valence-corrected chi connectivity index (χ0v) is 9.96. The maximum atomic E-state index is 2.27. The molecule has 0 aromatic heterocycles. The first-order valence-electron chi connectivity index (χ1n) is 5.49. The summed E-state index contributed by atoms with van der Waals surface area (Å²) in [6.45, 7) is 9.01. The smallest absolute Gasteiger partial charge is 0.0117 e. The predicted octanol–water partition coefficient (Wildman–Crippen LogP) is 4.45. The normalized spacial score (nSPS) is 12.0. The van der Waals surface area contributed by atoms with Crippen LogP contribution in [0.3, 0.4) is 0 Å². The van der Waals surface area contributed by atoms with Crippen LogP contribution >= 0.6 is 0 Å². The van der Waals surface area contributed by atoms with Gasteiger partial charge in [-0.2, -0.15) is 0 Å². The van der Waals surface area contributed by atoms with Crippen molar-refractivity contribution in [2.45, 2.75) is 33.1 Å². The van der Waals surface area contributed by atoms with Gasteiger partial charge in [0, 0.05) is 0 Å². The van der Waals surface area contributed by atoms with Gasteiger partial charge in [0.2, 0.25) is 0 Å². The van der Waals surface area contributed by atoms with Crippen molar-refractivity contribution >= 4 is 10.8 Å². The third kappa shape index (κ3) is 1.77. The fourth-order valence-corrected chi connectivity index (χ4v) is 2.15. The second-order valence-electron chi connectivity index (χ2n) is 5.23. The van der Waals surface area contributed by atoms with Gasteiger partial charge in [0.25, 0.3) is 0 Å². The van der Waals surface area contributed by atoms with Crippen LogP contribution in [0.5, 0.6) is 0 Å². The van der Waals surface area contributed by atoms with E-state index in [1.165, 1.54) is 21.9 Å². The Hall–Kier alpha value is -1.30. The molecular weight excluding hydrogens is 180 g/mol. The molecule has 0 unspecified atom stereocenters. The lowest BCUT2D eigenvalue weighted by atomic mass is 9.82. The van der Waals surface area contributed by atoms with Crippen molar-refractivity contribution in [1.29, 1.82) is 0 Å². The second-order valence-corrected chi connectivity index (χ2v) is 5.23. The average Bonchev–Trinajstić information content (AvgIpc) is 2.16. The lowest BCUT2D eigenvalue weighted by molar-refractivity contribution is 0.595. The molecule has 2 aromatic rings. The highest BCUT2D eigenvalue weighted by Crippen LogP contribution is 2.31. The van der Waals surface area contributed by atoms with E-state index in [0.29, 0.717) is 0 Å². The van der Waals surface area contributed by atoms with Crippen LogP contribution in [0, 0.1) is 6.92 Å². The molecule has 0 aliphatic heterocycles. The molecule has 0 nitrogen and oxygen atoms in total. The minimum Gasteiger partial charge on any atom is -0.0614 e. The molecule has 0 aliphatic rings. The average molecular weight is 198 g/mol. The van der Waals surface area contributed by atoms with E-state index in [0.717, 1.165) is 0 Å². The standard InChI is InChI=1S/C15H18/c1-11-7-5-8-12-9-6-10-13(14(11)12)15(2,3)4/h5-10H,1-4H3. The number of benzene rings is 2. The third-order valence-corrected chi connectivity index (χ3v) is 2.92. The second kappa shape index (κ2) is 3.37. The van der Waals surface area contributed by atoms with E-state index in [-0.39, 0.29) is 5.41 Å². The summed E-state index contributed by atoms with van der Waals surface area (Å²) in [6.07, 6.45) is 0.